The summed E-state index contributed by atoms with van der Waals surface area (Å²) < 4.78 is 1.76. The highest BCUT2D eigenvalue weighted by Crippen LogP contribution is 2.28. The lowest BCUT2D eigenvalue weighted by Gasteiger charge is -2.13. The van der Waals surface area contributed by atoms with E-state index in [4.69, 9.17) is 5.11 Å². The van der Waals surface area contributed by atoms with Crippen molar-refractivity contribution in [1.29, 1.82) is 0 Å². The van der Waals surface area contributed by atoms with Crippen molar-refractivity contribution < 1.29 is 9.90 Å². The van der Waals surface area contributed by atoms with E-state index in [2.05, 4.69) is 10.1 Å². The smallest absolute Gasteiger partial charge is 0.335 e. The lowest BCUT2D eigenvalue weighted by Crippen LogP contribution is -2.12. The molecule has 0 aliphatic carbocycles. The van der Waals surface area contributed by atoms with E-state index in [1.807, 2.05) is 13.1 Å². The molecule has 22 heavy (non-hydrogen) atoms. The van der Waals surface area contributed by atoms with Crippen molar-refractivity contribution in [2.75, 3.05) is 0 Å². The maximum atomic E-state index is 11.5. The average molecular weight is 295 g/mol. The minimum absolute atomic E-state index is 0.199. The molecule has 110 valence electrons. The zero-order chi connectivity index (χ0) is 15.7. The van der Waals surface area contributed by atoms with Crippen LogP contribution in [0.1, 0.15) is 17.3 Å². The Morgan fingerprint density at radius 1 is 1.09 bits per heavy atom. The largest absolute Gasteiger partial charge is 0.478 e. The first-order valence-electron chi connectivity index (χ1n) is 6.80. The summed E-state index contributed by atoms with van der Waals surface area (Å²) in [4.78, 5) is 26.5. The predicted octanol–water partition coefficient (Wildman–Crippen LogP) is 2.13. The van der Waals surface area contributed by atoms with Gasteiger partial charge in [-0.1, -0.05) is 12.1 Å². The van der Waals surface area contributed by atoms with Crippen molar-refractivity contribution in [2.45, 2.75) is 13.5 Å². The summed E-state index contributed by atoms with van der Waals surface area (Å²) in [6.45, 7) is 2.64. The van der Waals surface area contributed by atoms with E-state index in [1.54, 1.807) is 22.9 Å². The fraction of sp³-hybridized carbons (Fsp3) is 0.125. The van der Waals surface area contributed by atoms with Crippen LogP contribution in [-0.2, 0) is 6.54 Å². The van der Waals surface area contributed by atoms with Gasteiger partial charge < -0.3 is 5.11 Å². The molecule has 2 aliphatic rings. The SMILES string of the molecule is CCn1cc2ccc(=O)nc-2c(-c2ccc(C(=O)O)cc2)n1. The van der Waals surface area contributed by atoms with E-state index in [9.17, 15) is 9.59 Å². The van der Waals surface area contributed by atoms with Crippen LogP contribution in [0.25, 0.3) is 22.5 Å². The van der Waals surface area contributed by atoms with Crippen molar-refractivity contribution in [3.8, 4) is 22.5 Å². The molecule has 6 nitrogen and oxygen atoms in total. The monoisotopic (exact) mass is 295 g/mol. The number of hydrogen-bond donors (Lipinski definition) is 1. The highest BCUT2D eigenvalue weighted by atomic mass is 16.4. The minimum Gasteiger partial charge on any atom is -0.478 e. The summed E-state index contributed by atoms with van der Waals surface area (Å²) >= 11 is 0. The number of benzene rings is 1. The molecule has 1 aromatic rings. The Morgan fingerprint density at radius 2 is 1.77 bits per heavy atom. The van der Waals surface area contributed by atoms with Gasteiger partial charge in [0.15, 0.2) is 0 Å². The van der Waals surface area contributed by atoms with Crippen LogP contribution in [0.5, 0.6) is 0 Å². The van der Waals surface area contributed by atoms with Gasteiger partial charge >= 0.3 is 5.97 Å². The number of aromatic nitrogens is 3. The Bertz CT molecular complexity index is 869. The van der Waals surface area contributed by atoms with E-state index in [0.717, 1.165) is 11.1 Å². The van der Waals surface area contributed by atoms with Gasteiger partial charge in [-0.25, -0.2) is 9.78 Å². The number of aryl methyl sites for hydroxylation is 1. The summed E-state index contributed by atoms with van der Waals surface area (Å²) in [6, 6.07) is 9.49. The predicted molar refractivity (Wildman–Crippen MR) is 81.0 cm³/mol. The first kappa shape index (κ1) is 13.9. The number of aromatic carboxylic acids is 1. The zero-order valence-corrected chi connectivity index (χ0v) is 11.9. The molecule has 2 heterocycles. The number of carboxylic acids is 1. The Hall–Kier alpha value is -3.02. The molecule has 1 N–H and O–H groups in total. The second-order valence-corrected chi connectivity index (χ2v) is 4.80. The Labute approximate surface area is 126 Å². The number of nitrogens with zero attached hydrogens (tertiary/aromatic N) is 3. The summed E-state index contributed by atoms with van der Waals surface area (Å²) in [5, 5.41) is 13.4. The lowest BCUT2D eigenvalue weighted by atomic mass is 10.0. The quantitative estimate of drug-likeness (QED) is 0.800. The molecule has 0 saturated heterocycles. The van der Waals surface area contributed by atoms with Gasteiger partial charge in [0.2, 0.25) is 0 Å². The Morgan fingerprint density at radius 3 is 2.41 bits per heavy atom. The van der Waals surface area contributed by atoms with Gasteiger partial charge in [0.25, 0.3) is 5.56 Å². The number of pyridine rings is 1. The zero-order valence-electron chi connectivity index (χ0n) is 11.9. The Kier molecular flexibility index (Phi) is 3.42. The van der Waals surface area contributed by atoms with Crippen LogP contribution >= 0.6 is 0 Å². The van der Waals surface area contributed by atoms with Crippen molar-refractivity contribution in [3.63, 3.8) is 0 Å². The molecule has 1 aromatic carbocycles. The molecule has 0 radical (unpaired) electrons. The van der Waals surface area contributed by atoms with Crippen molar-refractivity contribution >= 4 is 5.97 Å². The average Bonchev–Trinajstić information content (AvgIpc) is 2.54. The van der Waals surface area contributed by atoms with Crippen LogP contribution in [0.3, 0.4) is 0 Å². The van der Waals surface area contributed by atoms with E-state index in [-0.39, 0.29) is 11.1 Å². The third kappa shape index (κ3) is 2.46. The maximum Gasteiger partial charge on any atom is 0.335 e. The summed E-state index contributed by atoms with van der Waals surface area (Å²) in [6.07, 6.45) is 1.83. The van der Waals surface area contributed by atoms with E-state index < -0.39 is 5.97 Å². The topological polar surface area (TPSA) is 85.1 Å². The number of carbonyl (C=O) groups is 1. The van der Waals surface area contributed by atoms with Gasteiger partial charge in [-0.15, -0.1) is 0 Å². The van der Waals surface area contributed by atoms with Crippen molar-refractivity contribution in [3.05, 3.63) is 58.5 Å². The number of hydrogen-bond acceptors (Lipinski definition) is 4. The molecule has 0 atom stereocenters. The molecular formula is C16H13N3O3. The molecule has 6 heteroatoms. The lowest BCUT2D eigenvalue weighted by molar-refractivity contribution is 0.0697. The van der Waals surface area contributed by atoms with Crippen LogP contribution in [0.4, 0.5) is 0 Å². The first-order chi connectivity index (χ1) is 10.6. The third-order valence-corrected chi connectivity index (χ3v) is 3.37. The van der Waals surface area contributed by atoms with Crippen LogP contribution in [0.15, 0.2) is 47.4 Å². The number of fused-ring (bicyclic) bond motifs is 1. The molecule has 0 unspecified atom stereocenters. The van der Waals surface area contributed by atoms with Gasteiger partial charge in [0.1, 0.15) is 11.4 Å². The van der Waals surface area contributed by atoms with E-state index in [1.165, 1.54) is 18.2 Å². The number of rotatable bonds is 3. The summed E-state index contributed by atoms with van der Waals surface area (Å²) in [5.41, 5.74) is 2.48. The fourth-order valence-corrected chi connectivity index (χ4v) is 2.24. The second kappa shape index (κ2) is 5.40. The molecule has 3 rings (SSSR count). The van der Waals surface area contributed by atoms with E-state index >= 15 is 0 Å². The molecule has 0 bridgehead atoms. The van der Waals surface area contributed by atoms with Crippen LogP contribution in [0, 0.1) is 0 Å². The molecule has 0 amide bonds. The van der Waals surface area contributed by atoms with Crippen LogP contribution < -0.4 is 5.56 Å². The molecule has 0 saturated carbocycles. The normalized spacial score (nSPS) is 10.8. The fourth-order valence-electron chi connectivity index (χ4n) is 2.24. The van der Waals surface area contributed by atoms with Gasteiger partial charge in [-0.05, 0) is 25.1 Å². The molecule has 0 aromatic heterocycles. The van der Waals surface area contributed by atoms with Gasteiger partial charge in [-0.2, -0.15) is 5.10 Å². The molecule has 0 spiro atoms. The van der Waals surface area contributed by atoms with Gasteiger partial charge in [0, 0.05) is 29.9 Å². The summed E-state index contributed by atoms with van der Waals surface area (Å²) in [5.74, 6) is -0.985. The highest BCUT2D eigenvalue weighted by molar-refractivity contribution is 5.88. The van der Waals surface area contributed by atoms with Crippen molar-refractivity contribution in [2.24, 2.45) is 0 Å². The standard InChI is InChI=1S/C16H13N3O3/c1-2-19-9-12-7-8-13(20)17-14(12)15(18-19)10-3-5-11(6-4-10)16(21)22/h3-9H,2H2,1H3,(H,21,22). The summed E-state index contributed by atoms with van der Waals surface area (Å²) in [7, 11) is 0. The van der Waals surface area contributed by atoms with E-state index in [0.29, 0.717) is 17.9 Å². The van der Waals surface area contributed by atoms with Crippen LogP contribution in [-0.4, -0.2) is 25.8 Å². The second-order valence-electron chi connectivity index (χ2n) is 4.80. The van der Waals surface area contributed by atoms with Crippen LogP contribution in [0.2, 0.25) is 0 Å². The molecule has 2 aliphatic heterocycles. The van der Waals surface area contributed by atoms with Gasteiger partial charge in [-0.3, -0.25) is 9.48 Å². The minimum atomic E-state index is -0.985. The first-order valence-corrected chi connectivity index (χ1v) is 6.80. The number of carboxylic acid groups (broad SMARTS) is 1. The highest BCUT2D eigenvalue weighted by Gasteiger charge is 2.15. The Balaban J connectivity index is 2.22. The van der Waals surface area contributed by atoms with Gasteiger partial charge in [0.05, 0.1) is 5.56 Å². The maximum absolute atomic E-state index is 11.5. The van der Waals surface area contributed by atoms with Crippen molar-refractivity contribution in [1.82, 2.24) is 14.8 Å². The third-order valence-electron chi connectivity index (χ3n) is 3.37. The molecular weight excluding hydrogens is 282 g/mol. The molecule has 0 fully saturated rings.